The third kappa shape index (κ3) is 4.05. The second kappa shape index (κ2) is 7.35. The Morgan fingerprint density at radius 3 is 2.48 bits per heavy atom. The molecule has 1 aliphatic heterocycles. The molecule has 2 fully saturated rings. The number of aryl methyl sites for hydroxylation is 2. The Hall–Kier alpha value is -1.55. The van der Waals surface area contributed by atoms with Crippen molar-refractivity contribution in [1.82, 2.24) is 10.2 Å². The van der Waals surface area contributed by atoms with Crippen LogP contribution in [0.1, 0.15) is 49.7 Å². The first kappa shape index (κ1) is 16.3. The number of carbonyl (C=O) groups is 1. The maximum Gasteiger partial charge on any atom is 0.319 e. The van der Waals surface area contributed by atoms with Crippen LogP contribution in [0.25, 0.3) is 0 Å². The molecule has 4 heteroatoms. The van der Waals surface area contributed by atoms with Crippen molar-refractivity contribution in [3.8, 4) is 0 Å². The van der Waals surface area contributed by atoms with Crippen LogP contribution in [0.2, 0.25) is 0 Å². The van der Waals surface area contributed by atoms with Gasteiger partial charge in [0.1, 0.15) is 0 Å². The molecule has 4 nitrogen and oxygen atoms in total. The van der Waals surface area contributed by atoms with Gasteiger partial charge >= 0.3 is 6.03 Å². The molecule has 126 valence electrons. The van der Waals surface area contributed by atoms with Crippen molar-refractivity contribution in [2.24, 2.45) is 0 Å². The Kier molecular flexibility index (Phi) is 5.21. The van der Waals surface area contributed by atoms with Gasteiger partial charge in [0.2, 0.25) is 0 Å². The second-order valence-corrected chi connectivity index (χ2v) is 7.14. The summed E-state index contributed by atoms with van der Waals surface area (Å²) >= 11 is 0. The summed E-state index contributed by atoms with van der Waals surface area (Å²) in [7, 11) is 0. The molecule has 3 rings (SSSR count). The number of nitrogens with zero attached hydrogens (tertiary/aromatic N) is 1. The van der Waals surface area contributed by atoms with E-state index in [-0.39, 0.29) is 12.1 Å². The third-order valence-corrected chi connectivity index (χ3v) is 5.37. The first-order chi connectivity index (χ1) is 11.1. The molecular weight excluding hydrogens is 286 g/mol. The average molecular weight is 315 g/mol. The fourth-order valence-electron chi connectivity index (χ4n) is 4.03. The van der Waals surface area contributed by atoms with Gasteiger partial charge in [-0.1, -0.05) is 37.5 Å². The summed E-state index contributed by atoms with van der Waals surface area (Å²) in [4.78, 5) is 14.9. The van der Waals surface area contributed by atoms with E-state index in [1.54, 1.807) is 0 Å². The van der Waals surface area contributed by atoms with Gasteiger partial charge in [-0.25, -0.2) is 4.79 Å². The number of carbonyl (C=O) groups excluding carboxylic acids is 1. The van der Waals surface area contributed by atoms with Crippen molar-refractivity contribution in [2.75, 3.05) is 18.4 Å². The molecule has 0 unspecified atom stereocenters. The third-order valence-electron chi connectivity index (χ3n) is 5.37. The molecule has 2 aliphatic rings. The van der Waals surface area contributed by atoms with Crippen LogP contribution in [0.3, 0.4) is 0 Å². The van der Waals surface area contributed by atoms with E-state index in [1.165, 1.54) is 32.1 Å². The van der Waals surface area contributed by atoms with Gasteiger partial charge in [0.15, 0.2) is 0 Å². The van der Waals surface area contributed by atoms with Gasteiger partial charge in [-0.2, -0.15) is 0 Å². The molecule has 1 saturated carbocycles. The second-order valence-electron chi connectivity index (χ2n) is 7.14. The van der Waals surface area contributed by atoms with Crippen molar-refractivity contribution in [3.05, 3.63) is 29.3 Å². The molecule has 0 spiro atoms. The molecule has 0 radical (unpaired) electrons. The van der Waals surface area contributed by atoms with Crippen molar-refractivity contribution >= 4 is 11.7 Å². The molecule has 1 atom stereocenters. The van der Waals surface area contributed by atoms with Crippen molar-refractivity contribution in [1.29, 1.82) is 0 Å². The van der Waals surface area contributed by atoms with E-state index in [0.29, 0.717) is 0 Å². The zero-order valence-corrected chi connectivity index (χ0v) is 14.4. The first-order valence-corrected chi connectivity index (χ1v) is 9.01. The molecule has 1 aliphatic carbocycles. The molecule has 2 N–H and O–H groups in total. The normalized spacial score (nSPS) is 23.0. The largest absolute Gasteiger partial charge is 0.334 e. The van der Waals surface area contributed by atoms with E-state index < -0.39 is 0 Å². The van der Waals surface area contributed by atoms with E-state index in [1.807, 2.05) is 32.0 Å². The van der Waals surface area contributed by atoms with Crippen LogP contribution in [-0.4, -0.2) is 36.1 Å². The summed E-state index contributed by atoms with van der Waals surface area (Å²) in [6, 6.07) is 7.04. The summed E-state index contributed by atoms with van der Waals surface area (Å²) in [6.07, 6.45) is 7.86. The minimum absolute atomic E-state index is 0.0714. The molecule has 2 amide bonds. The molecule has 23 heavy (non-hydrogen) atoms. The predicted molar refractivity (Wildman–Crippen MR) is 94.9 cm³/mol. The average Bonchev–Trinajstić information content (AvgIpc) is 3.00. The number of rotatable bonds is 3. The molecule has 1 saturated heterocycles. The minimum Gasteiger partial charge on any atom is -0.334 e. The maximum atomic E-state index is 12.3. The Bertz CT molecular complexity index is 531. The van der Waals surface area contributed by atoms with Crippen molar-refractivity contribution in [3.63, 3.8) is 0 Å². The number of likely N-dealkylation sites (tertiary alicyclic amines) is 1. The summed E-state index contributed by atoms with van der Waals surface area (Å²) in [6.45, 7) is 6.19. The summed E-state index contributed by atoms with van der Waals surface area (Å²) in [5, 5.41) is 6.19. The van der Waals surface area contributed by atoms with Gasteiger partial charge < -0.3 is 10.6 Å². The standard InChI is InChI=1S/C19H29N3O/c1-14-7-6-8-15(2)18(14)21-19(23)20-16-11-12-22(13-16)17-9-4-3-5-10-17/h6-8,16-17H,3-5,9-13H2,1-2H3,(H2,20,21,23)/t16-/m0/s1. The number of urea groups is 1. The number of hydrogen-bond donors (Lipinski definition) is 2. The van der Waals surface area contributed by atoms with Crippen molar-refractivity contribution < 1.29 is 4.79 Å². The van der Waals surface area contributed by atoms with Crippen molar-refractivity contribution in [2.45, 2.75) is 64.5 Å². The lowest BCUT2D eigenvalue weighted by Gasteiger charge is -2.31. The number of nitrogens with one attached hydrogen (secondary N) is 2. The maximum absolute atomic E-state index is 12.3. The molecule has 1 heterocycles. The Morgan fingerprint density at radius 1 is 1.09 bits per heavy atom. The van der Waals surface area contributed by atoms with Gasteiger partial charge in [0, 0.05) is 30.9 Å². The number of para-hydroxylation sites is 1. The highest BCUT2D eigenvalue weighted by Crippen LogP contribution is 2.26. The van der Waals surface area contributed by atoms with Crippen LogP contribution in [0.4, 0.5) is 10.5 Å². The summed E-state index contributed by atoms with van der Waals surface area (Å²) < 4.78 is 0. The highest BCUT2D eigenvalue weighted by Gasteiger charge is 2.29. The highest BCUT2D eigenvalue weighted by atomic mass is 16.2. The smallest absolute Gasteiger partial charge is 0.319 e. The summed E-state index contributed by atoms with van der Waals surface area (Å²) in [5.41, 5.74) is 3.15. The van der Waals surface area contributed by atoms with Crippen LogP contribution in [-0.2, 0) is 0 Å². The van der Waals surface area contributed by atoms with E-state index in [9.17, 15) is 4.79 Å². The number of amides is 2. The quantitative estimate of drug-likeness (QED) is 0.890. The summed E-state index contributed by atoms with van der Waals surface area (Å²) in [5.74, 6) is 0. The number of hydrogen-bond acceptors (Lipinski definition) is 2. The highest BCUT2D eigenvalue weighted by molar-refractivity contribution is 5.91. The van der Waals surface area contributed by atoms with Gasteiger partial charge in [0.25, 0.3) is 0 Å². The molecule has 1 aromatic carbocycles. The lowest BCUT2D eigenvalue weighted by atomic mass is 9.94. The number of benzene rings is 1. The van der Waals surface area contributed by atoms with Crippen LogP contribution in [0.5, 0.6) is 0 Å². The number of anilines is 1. The molecule has 0 aromatic heterocycles. The van der Waals surface area contributed by atoms with Crippen LogP contribution in [0.15, 0.2) is 18.2 Å². The fraction of sp³-hybridized carbons (Fsp3) is 0.632. The van der Waals surface area contributed by atoms with Gasteiger partial charge in [-0.15, -0.1) is 0 Å². The van der Waals surface area contributed by atoms with E-state index in [4.69, 9.17) is 0 Å². The van der Waals surface area contributed by atoms with Gasteiger partial charge in [0.05, 0.1) is 0 Å². The van der Waals surface area contributed by atoms with Crippen LogP contribution < -0.4 is 10.6 Å². The fourth-order valence-corrected chi connectivity index (χ4v) is 4.03. The topological polar surface area (TPSA) is 44.4 Å². The zero-order valence-electron chi connectivity index (χ0n) is 14.4. The van der Waals surface area contributed by atoms with E-state index >= 15 is 0 Å². The predicted octanol–water partition coefficient (Wildman–Crippen LogP) is 3.83. The molecule has 1 aromatic rings. The minimum atomic E-state index is -0.0714. The van der Waals surface area contributed by atoms with E-state index in [0.717, 1.165) is 42.4 Å². The van der Waals surface area contributed by atoms with Gasteiger partial charge in [-0.3, -0.25) is 4.90 Å². The lowest BCUT2D eigenvalue weighted by molar-refractivity contribution is 0.187. The Labute approximate surface area is 139 Å². The monoisotopic (exact) mass is 315 g/mol. The Morgan fingerprint density at radius 2 is 1.78 bits per heavy atom. The zero-order chi connectivity index (χ0) is 16.2. The SMILES string of the molecule is Cc1cccc(C)c1NC(=O)N[C@H]1CCN(C2CCCCC2)C1. The van der Waals surface area contributed by atoms with Crippen LogP contribution in [0, 0.1) is 13.8 Å². The van der Waals surface area contributed by atoms with Crippen LogP contribution >= 0.6 is 0 Å². The van der Waals surface area contributed by atoms with E-state index in [2.05, 4.69) is 15.5 Å². The lowest BCUT2D eigenvalue weighted by Crippen LogP contribution is -2.42. The Balaban J connectivity index is 1.51. The molecular formula is C19H29N3O. The molecule has 0 bridgehead atoms. The van der Waals surface area contributed by atoms with Gasteiger partial charge in [-0.05, 0) is 44.2 Å². The first-order valence-electron chi connectivity index (χ1n) is 9.01.